The van der Waals surface area contributed by atoms with Crippen molar-refractivity contribution < 1.29 is 14.3 Å². The van der Waals surface area contributed by atoms with Gasteiger partial charge in [0.2, 0.25) is 5.91 Å². The molecular formula is C19H24N4O3. The molecule has 1 aromatic carbocycles. The maximum absolute atomic E-state index is 12.3. The lowest BCUT2D eigenvalue weighted by Gasteiger charge is -2.15. The summed E-state index contributed by atoms with van der Waals surface area (Å²) in [6.07, 6.45) is 3.72. The van der Waals surface area contributed by atoms with Gasteiger partial charge in [-0.05, 0) is 37.5 Å². The molecule has 0 aromatic heterocycles. The van der Waals surface area contributed by atoms with Crippen LogP contribution in [0.2, 0.25) is 0 Å². The number of ether oxygens (including phenoxy) is 1. The van der Waals surface area contributed by atoms with Crippen LogP contribution in [-0.2, 0) is 9.59 Å². The number of rotatable bonds is 8. The number of nitrogens with one attached hydrogen (secondary N) is 2. The molecule has 0 spiro atoms. The summed E-state index contributed by atoms with van der Waals surface area (Å²) in [4.78, 5) is 25.6. The number of nitriles is 1. The molecule has 7 heteroatoms. The van der Waals surface area contributed by atoms with Gasteiger partial charge in [0.1, 0.15) is 17.4 Å². The Balaban J connectivity index is 1.86. The lowest BCUT2D eigenvalue weighted by molar-refractivity contribution is -0.127. The Morgan fingerprint density at radius 3 is 2.92 bits per heavy atom. The second-order valence-electron chi connectivity index (χ2n) is 6.12. The van der Waals surface area contributed by atoms with Crippen molar-refractivity contribution >= 4 is 17.5 Å². The van der Waals surface area contributed by atoms with Gasteiger partial charge in [-0.2, -0.15) is 5.26 Å². The van der Waals surface area contributed by atoms with Gasteiger partial charge in [0.15, 0.2) is 0 Å². The van der Waals surface area contributed by atoms with Crippen molar-refractivity contribution in [3.63, 3.8) is 0 Å². The summed E-state index contributed by atoms with van der Waals surface area (Å²) in [6.45, 7) is 3.99. The second-order valence-corrected chi connectivity index (χ2v) is 6.12. The molecule has 1 saturated heterocycles. The average Bonchev–Trinajstić information content (AvgIpc) is 3.03. The number of nitrogens with zero attached hydrogens (tertiary/aromatic N) is 2. The van der Waals surface area contributed by atoms with Crippen LogP contribution in [0.25, 0.3) is 0 Å². The molecule has 1 heterocycles. The lowest BCUT2D eigenvalue weighted by Crippen LogP contribution is -2.27. The minimum atomic E-state index is -0.501. The van der Waals surface area contributed by atoms with Gasteiger partial charge in [-0.15, -0.1) is 0 Å². The predicted molar refractivity (Wildman–Crippen MR) is 98.5 cm³/mol. The molecule has 0 atom stereocenters. The minimum absolute atomic E-state index is 0.0224. The van der Waals surface area contributed by atoms with Crippen LogP contribution in [0.15, 0.2) is 30.0 Å². The Hall–Kier alpha value is -3.01. The zero-order valence-corrected chi connectivity index (χ0v) is 15.2. The fourth-order valence-electron chi connectivity index (χ4n) is 2.74. The van der Waals surface area contributed by atoms with E-state index in [1.807, 2.05) is 24.0 Å². The SMILES string of the molecule is COc1ccc(C)cc1NC(=O)/C(C#N)=C\NCCCN1CCCC1=O. The smallest absolute Gasteiger partial charge is 0.267 e. The van der Waals surface area contributed by atoms with Crippen LogP contribution in [0.3, 0.4) is 0 Å². The highest BCUT2D eigenvalue weighted by Crippen LogP contribution is 2.25. The highest BCUT2D eigenvalue weighted by molar-refractivity contribution is 6.07. The van der Waals surface area contributed by atoms with Gasteiger partial charge in [0, 0.05) is 32.3 Å². The van der Waals surface area contributed by atoms with Gasteiger partial charge in [0.25, 0.3) is 5.91 Å². The third-order valence-corrected chi connectivity index (χ3v) is 4.14. The van der Waals surface area contributed by atoms with E-state index in [4.69, 9.17) is 4.74 Å². The predicted octanol–water partition coefficient (Wildman–Crippen LogP) is 1.95. The van der Waals surface area contributed by atoms with Crippen LogP contribution in [0, 0.1) is 18.3 Å². The van der Waals surface area contributed by atoms with E-state index in [1.165, 1.54) is 13.3 Å². The Morgan fingerprint density at radius 1 is 1.46 bits per heavy atom. The molecule has 0 radical (unpaired) electrons. The first-order valence-corrected chi connectivity index (χ1v) is 8.62. The Bertz CT molecular complexity index is 737. The van der Waals surface area contributed by atoms with E-state index in [1.54, 1.807) is 12.1 Å². The summed E-state index contributed by atoms with van der Waals surface area (Å²) in [5.74, 6) is 0.229. The number of anilines is 1. The first-order valence-electron chi connectivity index (χ1n) is 8.62. The molecule has 1 fully saturated rings. The molecule has 0 unspecified atom stereocenters. The van der Waals surface area contributed by atoms with Gasteiger partial charge < -0.3 is 20.3 Å². The summed E-state index contributed by atoms with van der Waals surface area (Å²) in [5, 5.41) is 14.9. The van der Waals surface area contributed by atoms with Crippen molar-refractivity contribution in [2.75, 3.05) is 32.1 Å². The van der Waals surface area contributed by atoms with Crippen molar-refractivity contribution in [1.29, 1.82) is 5.26 Å². The van der Waals surface area contributed by atoms with Gasteiger partial charge >= 0.3 is 0 Å². The molecule has 1 aromatic rings. The van der Waals surface area contributed by atoms with E-state index >= 15 is 0 Å². The van der Waals surface area contributed by atoms with Crippen LogP contribution in [0.1, 0.15) is 24.8 Å². The van der Waals surface area contributed by atoms with Crippen LogP contribution >= 0.6 is 0 Å². The number of hydrogen-bond donors (Lipinski definition) is 2. The summed E-state index contributed by atoms with van der Waals surface area (Å²) in [6, 6.07) is 7.32. The van der Waals surface area contributed by atoms with Crippen LogP contribution in [0.5, 0.6) is 5.75 Å². The number of methoxy groups -OCH3 is 1. The molecule has 26 heavy (non-hydrogen) atoms. The largest absolute Gasteiger partial charge is 0.495 e. The summed E-state index contributed by atoms with van der Waals surface area (Å²) in [7, 11) is 1.52. The van der Waals surface area contributed by atoms with Crippen molar-refractivity contribution in [3.05, 3.63) is 35.5 Å². The lowest BCUT2D eigenvalue weighted by atomic mass is 10.2. The third-order valence-electron chi connectivity index (χ3n) is 4.14. The fraction of sp³-hybridized carbons (Fsp3) is 0.421. The molecule has 7 nitrogen and oxygen atoms in total. The van der Waals surface area contributed by atoms with E-state index in [0.717, 1.165) is 24.9 Å². The van der Waals surface area contributed by atoms with Crippen molar-refractivity contribution in [1.82, 2.24) is 10.2 Å². The highest BCUT2D eigenvalue weighted by Gasteiger charge is 2.18. The second kappa shape index (κ2) is 9.47. The molecule has 2 amide bonds. The van der Waals surface area contributed by atoms with E-state index in [2.05, 4.69) is 10.6 Å². The minimum Gasteiger partial charge on any atom is -0.495 e. The molecule has 2 N–H and O–H groups in total. The maximum atomic E-state index is 12.3. The molecule has 0 aliphatic carbocycles. The van der Waals surface area contributed by atoms with Crippen LogP contribution in [-0.4, -0.2) is 43.5 Å². The fourth-order valence-corrected chi connectivity index (χ4v) is 2.74. The van der Waals surface area contributed by atoms with E-state index in [9.17, 15) is 14.9 Å². The third kappa shape index (κ3) is 5.24. The standard InChI is InChI=1S/C19H24N4O3/c1-14-6-7-17(26-2)16(11-14)22-19(25)15(12-20)13-21-8-4-10-23-9-3-5-18(23)24/h6-7,11,13,21H,3-5,8-10H2,1-2H3,(H,22,25)/b15-13-. The van der Waals surface area contributed by atoms with E-state index in [0.29, 0.717) is 30.9 Å². The first-order chi connectivity index (χ1) is 12.5. The van der Waals surface area contributed by atoms with Crippen molar-refractivity contribution in [2.45, 2.75) is 26.2 Å². The Labute approximate surface area is 153 Å². The van der Waals surface area contributed by atoms with Crippen LogP contribution < -0.4 is 15.4 Å². The first kappa shape index (κ1) is 19.3. The number of amides is 2. The zero-order chi connectivity index (χ0) is 18.9. The monoisotopic (exact) mass is 356 g/mol. The number of benzene rings is 1. The highest BCUT2D eigenvalue weighted by atomic mass is 16.5. The van der Waals surface area contributed by atoms with Crippen molar-refractivity contribution in [2.24, 2.45) is 0 Å². The molecule has 0 saturated carbocycles. The average molecular weight is 356 g/mol. The normalized spacial score (nSPS) is 14.1. The summed E-state index contributed by atoms with van der Waals surface area (Å²) < 4.78 is 5.22. The molecular weight excluding hydrogens is 332 g/mol. The maximum Gasteiger partial charge on any atom is 0.267 e. The van der Waals surface area contributed by atoms with Gasteiger partial charge in [-0.25, -0.2) is 0 Å². The number of carbonyl (C=O) groups is 2. The quantitative estimate of drug-likeness (QED) is 0.422. The molecule has 1 aliphatic heterocycles. The Kier molecular flexibility index (Phi) is 7.03. The van der Waals surface area contributed by atoms with Crippen LogP contribution in [0.4, 0.5) is 5.69 Å². The van der Waals surface area contributed by atoms with Gasteiger partial charge in [-0.3, -0.25) is 9.59 Å². The van der Waals surface area contributed by atoms with E-state index in [-0.39, 0.29) is 11.5 Å². The Morgan fingerprint density at radius 2 is 2.27 bits per heavy atom. The summed E-state index contributed by atoms with van der Waals surface area (Å²) >= 11 is 0. The molecule has 2 rings (SSSR count). The number of likely N-dealkylation sites (tertiary alicyclic amines) is 1. The molecule has 0 bridgehead atoms. The number of hydrogen-bond acceptors (Lipinski definition) is 5. The number of aryl methyl sites for hydroxylation is 1. The summed E-state index contributed by atoms with van der Waals surface area (Å²) in [5.41, 5.74) is 1.47. The van der Waals surface area contributed by atoms with Gasteiger partial charge in [0.05, 0.1) is 12.8 Å². The van der Waals surface area contributed by atoms with E-state index < -0.39 is 5.91 Å². The zero-order valence-electron chi connectivity index (χ0n) is 15.2. The topological polar surface area (TPSA) is 94.5 Å². The van der Waals surface area contributed by atoms with Gasteiger partial charge in [-0.1, -0.05) is 6.07 Å². The molecule has 138 valence electrons. The van der Waals surface area contributed by atoms with Crippen molar-refractivity contribution in [3.8, 4) is 11.8 Å². The number of carbonyl (C=O) groups excluding carboxylic acids is 2. The molecule has 1 aliphatic rings.